The summed E-state index contributed by atoms with van der Waals surface area (Å²) >= 11 is 9.39. The van der Waals surface area contributed by atoms with Gasteiger partial charge in [0.1, 0.15) is 0 Å². The van der Waals surface area contributed by atoms with E-state index in [9.17, 15) is 0 Å². The van der Waals surface area contributed by atoms with Crippen molar-refractivity contribution >= 4 is 33.2 Å². The van der Waals surface area contributed by atoms with Crippen LogP contribution in [0.4, 0.5) is 5.69 Å². The van der Waals surface area contributed by atoms with Gasteiger partial charge in [0.05, 0.1) is 5.02 Å². The lowest BCUT2D eigenvalue weighted by atomic mass is 9.96. The summed E-state index contributed by atoms with van der Waals surface area (Å²) in [5, 5.41) is 4.19. The minimum absolute atomic E-state index is 0.308. The first-order valence-corrected chi connectivity index (χ1v) is 7.17. The number of hydrogen-bond acceptors (Lipinski definition) is 2. The maximum absolute atomic E-state index is 5.96. The predicted molar refractivity (Wildman–Crippen MR) is 79.7 cm³/mol. The number of hydrogen-bond donors (Lipinski definition) is 2. The molecule has 0 radical (unpaired) electrons. The molecule has 0 aliphatic heterocycles. The van der Waals surface area contributed by atoms with E-state index in [-0.39, 0.29) is 0 Å². The van der Waals surface area contributed by atoms with Crippen molar-refractivity contribution in [1.29, 1.82) is 0 Å². The highest BCUT2D eigenvalue weighted by atomic mass is 79.9. The minimum atomic E-state index is 0.308. The quantitative estimate of drug-likeness (QED) is 0.821. The number of anilines is 1. The predicted octanol–water partition coefficient (Wildman–Crippen LogP) is 4.28. The molecule has 2 atom stereocenters. The molecule has 0 aliphatic carbocycles. The number of halogens is 2. The minimum Gasteiger partial charge on any atom is -0.381 e. The van der Waals surface area contributed by atoms with Crippen LogP contribution in [-0.4, -0.2) is 12.6 Å². The fourth-order valence-corrected chi connectivity index (χ4v) is 2.39. The Kier molecular flexibility index (Phi) is 6.31. The van der Waals surface area contributed by atoms with Crippen LogP contribution in [0.2, 0.25) is 5.02 Å². The summed E-state index contributed by atoms with van der Waals surface area (Å²) in [7, 11) is 0. The van der Waals surface area contributed by atoms with Crippen LogP contribution in [0.1, 0.15) is 26.7 Å². The molecular weight excluding hydrogens is 300 g/mol. The topological polar surface area (TPSA) is 38.0 Å². The van der Waals surface area contributed by atoms with Gasteiger partial charge >= 0.3 is 0 Å². The van der Waals surface area contributed by atoms with Gasteiger partial charge in [0.25, 0.3) is 0 Å². The summed E-state index contributed by atoms with van der Waals surface area (Å²) in [6.07, 6.45) is 2.37. The first-order chi connectivity index (χ1) is 8.08. The molecule has 0 saturated carbocycles. The molecule has 1 rings (SSSR count). The van der Waals surface area contributed by atoms with Crippen LogP contribution in [0.15, 0.2) is 22.7 Å². The summed E-state index contributed by atoms with van der Waals surface area (Å²) in [6.45, 7) is 5.07. The molecule has 4 heteroatoms. The van der Waals surface area contributed by atoms with Crippen molar-refractivity contribution in [3.8, 4) is 0 Å². The number of benzene rings is 1. The van der Waals surface area contributed by atoms with Crippen LogP contribution in [0.3, 0.4) is 0 Å². The molecule has 1 aromatic rings. The molecule has 17 heavy (non-hydrogen) atoms. The van der Waals surface area contributed by atoms with E-state index in [1.807, 2.05) is 18.2 Å². The number of rotatable bonds is 6. The third-order valence-corrected chi connectivity index (χ3v) is 4.17. The van der Waals surface area contributed by atoms with Crippen molar-refractivity contribution in [3.05, 3.63) is 27.7 Å². The van der Waals surface area contributed by atoms with E-state index in [0.29, 0.717) is 18.5 Å². The van der Waals surface area contributed by atoms with E-state index >= 15 is 0 Å². The van der Waals surface area contributed by atoms with Crippen molar-refractivity contribution in [2.24, 2.45) is 11.7 Å². The second-order valence-electron chi connectivity index (χ2n) is 4.38. The second-order valence-corrected chi connectivity index (χ2v) is 5.64. The maximum Gasteiger partial charge on any atom is 0.0549 e. The molecule has 96 valence electrons. The third-order valence-electron chi connectivity index (χ3n) is 2.96. The Morgan fingerprint density at radius 2 is 2.18 bits per heavy atom. The highest BCUT2D eigenvalue weighted by molar-refractivity contribution is 9.10. The Hall–Kier alpha value is -0.250. The Labute approximate surface area is 117 Å². The molecule has 0 aromatic heterocycles. The van der Waals surface area contributed by atoms with Gasteiger partial charge < -0.3 is 11.1 Å². The summed E-state index contributed by atoms with van der Waals surface area (Å²) in [6, 6.07) is 6.16. The molecule has 0 saturated heterocycles. The van der Waals surface area contributed by atoms with Gasteiger partial charge in [-0.15, -0.1) is 0 Å². The van der Waals surface area contributed by atoms with Gasteiger partial charge in [0.2, 0.25) is 0 Å². The van der Waals surface area contributed by atoms with Crippen LogP contribution in [0, 0.1) is 5.92 Å². The molecular formula is C13H20BrClN2. The van der Waals surface area contributed by atoms with E-state index in [0.717, 1.165) is 15.2 Å². The standard InChI is InChI=1S/C13H20BrClN2/c1-3-4-9(2)13(8-16)17-10-5-6-12(15)11(14)7-10/h5-7,9,13,17H,3-4,8,16H2,1-2H3. The zero-order valence-corrected chi connectivity index (χ0v) is 12.7. The Balaban J connectivity index is 2.70. The zero-order valence-electron chi connectivity index (χ0n) is 10.3. The monoisotopic (exact) mass is 318 g/mol. The smallest absolute Gasteiger partial charge is 0.0549 e. The normalized spacial score (nSPS) is 14.4. The number of nitrogens with one attached hydrogen (secondary N) is 1. The van der Waals surface area contributed by atoms with Gasteiger partial charge in [-0.05, 0) is 46.5 Å². The lowest BCUT2D eigenvalue weighted by Gasteiger charge is -2.24. The van der Waals surface area contributed by atoms with E-state index < -0.39 is 0 Å². The van der Waals surface area contributed by atoms with E-state index in [4.69, 9.17) is 17.3 Å². The molecule has 0 heterocycles. The lowest BCUT2D eigenvalue weighted by Crippen LogP contribution is -2.35. The highest BCUT2D eigenvalue weighted by Crippen LogP contribution is 2.26. The van der Waals surface area contributed by atoms with Crippen molar-refractivity contribution < 1.29 is 0 Å². The Bertz CT molecular complexity index is 357. The average Bonchev–Trinajstić information content (AvgIpc) is 2.30. The van der Waals surface area contributed by atoms with Crippen LogP contribution >= 0.6 is 27.5 Å². The third kappa shape index (κ3) is 4.49. The molecule has 2 nitrogen and oxygen atoms in total. The molecule has 1 aromatic carbocycles. The maximum atomic E-state index is 5.96. The van der Waals surface area contributed by atoms with E-state index in [1.54, 1.807) is 0 Å². The van der Waals surface area contributed by atoms with Crippen molar-refractivity contribution in [2.45, 2.75) is 32.7 Å². The fraction of sp³-hybridized carbons (Fsp3) is 0.538. The van der Waals surface area contributed by atoms with Crippen molar-refractivity contribution in [1.82, 2.24) is 0 Å². The van der Waals surface area contributed by atoms with Crippen LogP contribution < -0.4 is 11.1 Å². The van der Waals surface area contributed by atoms with E-state index in [2.05, 4.69) is 35.1 Å². The van der Waals surface area contributed by atoms with E-state index in [1.165, 1.54) is 12.8 Å². The van der Waals surface area contributed by atoms with Gasteiger partial charge in [0.15, 0.2) is 0 Å². The summed E-state index contributed by atoms with van der Waals surface area (Å²) in [5.74, 6) is 0.569. The Morgan fingerprint density at radius 3 is 2.71 bits per heavy atom. The molecule has 2 unspecified atom stereocenters. The molecule has 0 fully saturated rings. The van der Waals surface area contributed by atoms with Gasteiger partial charge in [-0.2, -0.15) is 0 Å². The first-order valence-electron chi connectivity index (χ1n) is 6.00. The van der Waals surface area contributed by atoms with Gasteiger partial charge in [-0.25, -0.2) is 0 Å². The van der Waals surface area contributed by atoms with Gasteiger partial charge in [-0.3, -0.25) is 0 Å². The largest absolute Gasteiger partial charge is 0.381 e. The molecule has 0 spiro atoms. The second kappa shape index (κ2) is 7.24. The SMILES string of the molecule is CCCC(C)C(CN)Nc1ccc(Cl)c(Br)c1. The van der Waals surface area contributed by atoms with Gasteiger partial charge in [0, 0.05) is 22.7 Å². The molecule has 0 bridgehead atoms. The summed E-state index contributed by atoms with van der Waals surface area (Å²) in [4.78, 5) is 0. The molecule has 0 amide bonds. The lowest BCUT2D eigenvalue weighted by molar-refractivity contribution is 0.450. The molecule has 0 aliphatic rings. The summed E-state index contributed by atoms with van der Waals surface area (Å²) in [5.41, 5.74) is 6.87. The first kappa shape index (κ1) is 14.8. The van der Waals surface area contributed by atoms with Gasteiger partial charge in [-0.1, -0.05) is 31.9 Å². The summed E-state index contributed by atoms with van der Waals surface area (Å²) < 4.78 is 0.906. The number of nitrogens with two attached hydrogens (primary N) is 1. The highest BCUT2D eigenvalue weighted by Gasteiger charge is 2.14. The van der Waals surface area contributed by atoms with Crippen LogP contribution in [0.25, 0.3) is 0 Å². The Morgan fingerprint density at radius 1 is 1.47 bits per heavy atom. The zero-order chi connectivity index (χ0) is 12.8. The molecule has 3 N–H and O–H groups in total. The van der Waals surface area contributed by atoms with Crippen molar-refractivity contribution in [2.75, 3.05) is 11.9 Å². The fourth-order valence-electron chi connectivity index (χ4n) is 1.89. The average molecular weight is 320 g/mol. The van der Waals surface area contributed by atoms with Crippen molar-refractivity contribution in [3.63, 3.8) is 0 Å². The van der Waals surface area contributed by atoms with Crippen LogP contribution in [-0.2, 0) is 0 Å². The van der Waals surface area contributed by atoms with Crippen LogP contribution in [0.5, 0.6) is 0 Å².